The van der Waals surface area contributed by atoms with E-state index in [-0.39, 0.29) is 35.9 Å². The molecule has 3 aromatic rings. The summed E-state index contributed by atoms with van der Waals surface area (Å²) < 4.78 is 48.1. The maximum absolute atomic E-state index is 15.8. The number of likely N-dealkylation sites (N-methyl/N-ethyl adjacent to an activating group) is 1. The van der Waals surface area contributed by atoms with Crippen LogP contribution in [-0.2, 0) is 39.8 Å². The molecule has 0 radical (unpaired) electrons. The summed E-state index contributed by atoms with van der Waals surface area (Å²) in [6.07, 6.45) is -3.52. The molecule has 19 nitrogen and oxygen atoms in total. The first-order valence-corrected chi connectivity index (χ1v) is 24.5. The van der Waals surface area contributed by atoms with Gasteiger partial charge in [-0.1, -0.05) is 63.2 Å². The van der Waals surface area contributed by atoms with Gasteiger partial charge in [-0.2, -0.15) is 0 Å². The number of carbonyl (C=O) groups is 4. The summed E-state index contributed by atoms with van der Waals surface area (Å²) in [5.41, 5.74) is 2.80. The number of anilines is 1. The first-order valence-electron chi connectivity index (χ1n) is 24.5. The van der Waals surface area contributed by atoms with Crippen LogP contribution in [0.25, 0.3) is 11.3 Å². The summed E-state index contributed by atoms with van der Waals surface area (Å²) in [7, 11) is 4.62. The van der Waals surface area contributed by atoms with Gasteiger partial charge in [0, 0.05) is 43.4 Å². The third-order valence-corrected chi connectivity index (χ3v) is 14.6. The number of aliphatic carboxylic acids is 1. The lowest BCUT2D eigenvalue weighted by Crippen LogP contribution is -2.65. The zero-order valence-corrected chi connectivity index (χ0v) is 43.0. The molecule has 0 bridgehead atoms. The van der Waals surface area contributed by atoms with E-state index in [0.717, 1.165) is 12.0 Å². The van der Waals surface area contributed by atoms with Crippen LogP contribution in [0.2, 0.25) is 0 Å². The number of rotatable bonds is 26. The fraction of sp³-hybridized carbons (Fsp3) is 0.647. The molecule has 0 aliphatic carbocycles. The predicted molar refractivity (Wildman–Crippen MR) is 262 cm³/mol. The Morgan fingerprint density at radius 3 is 2.32 bits per heavy atom. The number of Topliss-reactive ketones (excluding diaryl/α,β-unsaturated/α-hetero) is 1. The average molecular weight is 998 g/mol. The van der Waals surface area contributed by atoms with Crippen LogP contribution < -0.4 is 11.1 Å². The average Bonchev–Trinajstić information content (AvgIpc) is 3.92. The summed E-state index contributed by atoms with van der Waals surface area (Å²) in [4.78, 5) is 55.9. The van der Waals surface area contributed by atoms with Crippen molar-refractivity contribution in [3.8, 4) is 11.3 Å². The van der Waals surface area contributed by atoms with Crippen molar-refractivity contribution in [3.05, 3.63) is 66.4 Å². The highest BCUT2D eigenvalue weighted by Gasteiger charge is 2.56. The topological polar surface area (TPSA) is 250 Å². The smallest absolute Gasteiger partial charge is 0.410 e. The molecule has 5 rings (SSSR count). The number of nitrogens with one attached hydrogen (secondary N) is 1. The number of ether oxygens (including phenoxy) is 5. The lowest BCUT2D eigenvalue weighted by atomic mass is 9.77. The van der Waals surface area contributed by atoms with Crippen molar-refractivity contribution in [2.75, 3.05) is 46.6 Å². The van der Waals surface area contributed by atoms with Gasteiger partial charge in [-0.25, -0.2) is 18.8 Å². The van der Waals surface area contributed by atoms with Crippen LogP contribution in [0, 0.1) is 17.8 Å². The van der Waals surface area contributed by atoms with Crippen LogP contribution >= 0.6 is 0 Å². The molecular weight excluding hydrogens is 922 g/mol. The highest BCUT2D eigenvalue weighted by Crippen LogP contribution is 2.41. The summed E-state index contributed by atoms with van der Waals surface area (Å²) >= 11 is 0. The summed E-state index contributed by atoms with van der Waals surface area (Å²) in [6, 6.07) is 13.9. The molecule has 1 amide bonds. The van der Waals surface area contributed by atoms with Gasteiger partial charge in [0.15, 0.2) is 12.1 Å². The first-order chi connectivity index (χ1) is 33.4. The molecule has 6 N–H and O–H groups in total. The number of nitrogen functional groups attached to an aromatic ring is 1. The van der Waals surface area contributed by atoms with Gasteiger partial charge in [-0.05, 0) is 110 Å². The minimum absolute atomic E-state index is 0.00509. The number of carboxylic acid groups (broad SMARTS) is 1. The van der Waals surface area contributed by atoms with Gasteiger partial charge in [-0.3, -0.25) is 14.4 Å². The second-order valence-corrected chi connectivity index (χ2v) is 20.2. The third kappa shape index (κ3) is 13.1. The number of hydrogen-bond donors (Lipinski definition) is 5. The molecule has 20 heteroatoms. The van der Waals surface area contributed by atoms with Crippen LogP contribution in [-0.4, -0.2) is 171 Å². The van der Waals surface area contributed by atoms with E-state index < -0.39 is 90.0 Å². The number of cyclic esters (lactones) is 1. The fourth-order valence-electron chi connectivity index (χ4n) is 10.1. The molecule has 2 aromatic carbocycles. The number of halogens is 1. The molecule has 2 aliphatic rings. The highest BCUT2D eigenvalue weighted by atomic mass is 19.1. The Bertz CT molecular complexity index is 2250. The van der Waals surface area contributed by atoms with Crippen molar-refractivity contribution in [2.24, 2.45) is 17.8 Å². The number of aliphatic hydroxyl groups is 2. The number of carboxylic acids is 1. The van der Waals surface area contributed by atoms with E-state index in [2.05, 4.69) is 29.5 Å². The minimum atomic E-state index is -3.33. The van der Waals surface area contributed by atoms with Crippen LogP contribution in [0.1, 0.15) is 91.4 Å². The Morgan fingerprint density at radius 1 is 1.03 bits per heavy atom. The summed E-state index contributed by atoms with van der Waals surface area (Å²) in [5, 5.41) is 45.1. The van der Waals surface area contributed by atoms with E-state index in [9.17, 15) is 34.5 Å². The van der Waals surface area contributed by atoms with Crippen molar-refractivity contribution in [3.63, 3.8) is 0 Å². The van der Waals surface area contributed by atoms with Gasteiger partial charge >= 0.3 is 18.0 Å². The second kappa shape index (κ2) is 24.1. The Balaban J connectivity index is 1.33. The summed E-state index contributed by atoms with van der Waals surface area (Å²) in [6.45, 7) is 14.6. The number of benzene rings is 2. The van der Waals surface area contributed by atoms with Gasteiger partial charge in [0.25, 0.3) is 5.67 Å². The standard InChI is InChI=1S/C51H76FN7O12/c1-12-31(3)51(8)42(59(48(66)71-51)24-17-16-23-58-28-37(55-56-58)35-21-18-22-36(53)25-35)33(5)54-27-30(2)26-49(6,67-11)44(32(4)43(62)50(7,52)47(64)65)70-46-41(61)39(57(9)10)40(60)38(69-46)29-68-45(63)34-19-14-13-15-20-34/h13-15,18-22,25,28,30-33,38-42,44,46,54,60-61H,12,16-17,23-24,26-27,29,53H2,1-11H3,(H,64,65)/t30-,31-,32+,33-,38?,39?,40-,41?,42-,44-,46+,49-,50+,51-/m1/s1. The van der Waals surface area contributed by atoms with Crippen LogP contribution in [0.3, 0.4) is 0 Å². The van der Waals surface area contributed by atoms with Crippen LogP contribution in [0.15, 0.2) is 60.8 Å². The number of esters is 1. The van der Waals surface area contributed by atoms with E-state index in [1.54, 1.807) is 65.8 Å². The molecular formula is C51H76FN7O12. The van der Waals surface area contributed by atoms with Crippen molar-refractivity contribution in [2.45, 2.75) is 153 Å². The maximum atomic E-state index is 15.8. The van der Waals surface area contributed by atoms with Gasteiger partial charge in [0.2, 0.25) is 0 Å². The molecule has 2 aliphatic heterocycles. The SMILES string of the molecule is CC[C@@H](C)[C@@]1(C)OC(=O)N(CCCCn2cc(-c3cccc(N)c3)nn2)[C@@H]1[C@@H](C)NC[C@H](C)C[C@@](C)(OC)[C@H](O[C@@H]1OC(COC(=O)c2ccccc2)[C@@H](O)C(N(C)C)C1O)[C@@H](C)C(=O)[C@](C)(F)C(=O)O. The van der Waals surface area contributed by atoms with E-state index in [4.69, 9.17) is 29.4 Å². The molecule has 3 heterocycles. The number of hydrogen-bond acceptors (Lipinski definition) is 16. The second-order valence-electron chi connectivity index (χ2n) is 20.2. The number of nitrogens with zero attached hydrogens (tertiary/aromatic N) is 5. The number of ketones is 1. The van der Waals surface area contributed by atoms with Gasteiger partial charge in [-0.15, -0.1) is 5.10 Å². The lowest BCUT2D eigenvalue weighted by Gasteiger charge is -2.48. The fourth-order valence-corrected chi connectivity index (χ4v) is 10.1. The zero-order valence-electron chi connectivity index (χ0n) is 43.0. The van der Waals surface area contributed by atoms with Crippen molar-refractivity contribution in [1.82, 2.24) is 30.1 Å². The normalized spacial score (nSPS) is 26.4. The molecule has 14 atom stereocenters. The van der Waals surface area contributed by atoms with E-state index in [0.29, 0.717) is 50.8 Å². The highest BCUT2D eigenvalue weighted by molar-refractivity contribution is 6.07. The predicted octanol–water partition coefficient (Wildman–Crippen LogP) is 4.98. The van der Waals surface area contributed by atoms with Gasteiger partial charge in [0.1, 0.15) is 36.2 Å². The number of alkyl halides is 1. The van der Waals surface area contributed by atoms with Crippen LogP contribution in [0.4, 0.5) is 14.9 Å². The molecule has 2 saturated heterocycles. The number of aliphatic hydroxyl groups excluding tert-OH is 2. The third-order valence-electron chi connectivity index (χ3n) is 14.6. The maximum Gasteiger partial charge on any atom is 0.410 e. The number of nitrogens with two attached hydrogens (primary N) is 1. The molecule has 0 spiro atoms. The van der Waals surface area contributed by atoms with Crippen molar-refractivity contribution >= 4 is 29.5 Å². The number of carbonyl (C=O) groups excluding carboxylic acids is 3. The number of aryl methyl sites for hydroxylation is 1. The first kappa shape index (κ1) is 56.8. The molecule has 2 fully saturated rings. The molecule has 394 valence electrons. The minimum Gasteiger partial charge on any atom is -0.479 e. The molecule has 1 aromatic heterocycles. The summed E-state index contributed by atoms with van der Waals surface area (Å²) in [5.74, 6) is -5.74. The Kier molecular flexibility index (Phi) is 19.3. The number of aromatic nitrogens is 3. The number of methoxy groups -OCH3 is 1. The zero-order chi connectivity index (χ0) is 52.6. The quantitative estimate of drug-likeness (QED) is 0.0308. The molecule has 0 saturated carbocycles. The monoisotopic (exact) mass is 998 g/mol. The molecule has 71 heavy (non-hydrogen) atoms. The molecule has 3 unspecified atom stereocenters. The van der Waals surface area contributed by atoms with E-state index >= 15 is 4.39 Å². The van der Waals surface area contributed by atoms with Crippen LogP contribution in [0.5, 0.6) is 0 Å². The number of unbranched alkanes of at least 4 members (excludes halogenated alkanes) is 1. The Hall–Kier alpha value is -5.09. The van der Waals surface area contributed by atoms with Gasteiger partial charge < -0.3 is 55.0 Å². The largest absolute Gasteiger partial charge is 0.479 e. The van der Waals surface area contributed by atoms with E-state index in [1.165, 1.54) is 14.0 Å². The Labute approximate surface area is 416 Å². The van der Waals surface area contributed by atoms with Crippen molar-refractivity contribution in [1.29, 1.82) is 0 Å². The number of amides is 1. The van der Waals surface area contributed by atoms with Crippen molar-refractivity contribution < 1.29 is 62.6 Å². The lowest BCUT2D eigenvalue weighted by molar-refractivity contribution is -0.319. The Morgan fingerprint density at radius 2 is 1.70 bits per heavy atom. The van der Waals surface area contributed by atoms with E-state index in [1.807, 2.05) is 51.2 Å². The van der Waals surface area contributed by atoms with Gasteiger partial charge in [0.05, 0.1) is 35.5 Å².